The Morgan fingerprint density at radius 1 is 1.25 bits per heavy atom. The summed E-state index contributed by atoms with van der Waals surface area (Å²) in [6.45, 7) is 1.65. The maximum absolute atomic E-state index is 5.95. The second-order valence-electron chi connectivity index (χ2n) is 4.79. The van der Waals surface area contributed by atoms with E-state index in [4.69, 9.17) is 11.6 Å². The molecule has 0 aliphatic carbocycles. The van der Waals surface area contributed by atoms with Crippen LogP contribution in [0.15, 0.2) is 36.9 Å². The molecule has 0 aliphatic rings. The van der Waals surface area contributed by atoms with E-state index in [0.29, 0.717) is 5.02 Å². The first kappa shape index (κ1) is 13.1. The number of halogens is 1. The summed E-state index contributed by atoms with van der Waals surface area (Å²) in [6.07, 6.45) is 8.76. The summed E-state index contributed by atoms with van der Waals surface area (Å²) >= 11 is 5.95. The molecule has 3 aromatic rings. The lowest BCUT2D eigenvalue weighted by Gasteiger charge is -2.00. The van der Waals surface area contributed by atoms with Gasteiger partial charge in [-0.2, -0.15) is 5.10 Å². The second kappa shape index (κ2) is 5.64. The fraction of sp³-hybridized carbons (Fsp3) is 0.286. The van der Waals surface area contributed by atoms with Crippen molar-refractivity contribution in [2.45, 2.75) is 13.0 Å². The number of nitrogens with one attached hydrogen (secondary N) is 1. The van der Waals surface area contributed by atoms with Crippen LogP contribution in [0.4, 0.5) is 0 Å². The van der Waals surface area contributed by atoms with E-state index in [1.807, 2.05) is 53.1 Å². The van der Waals surface area contributed by atoms with Crippen molar-refractivity contribution < 1.29 is 0 Å². The summed E-state index contributed by atoms with van der Waals surface area (Å²) in [5, 5.41) is 8.25. The van der Waals surface area contributed by atoms with Crippen LogP contribution in [-0.4, -0.2) is 25.7 Å². The van der Waals surface area contributed by atoms with E-state index >= 15 is 0 Å². The van der Waals surface area contributed by atoms with Gasteiger partial charge in [0.15, 0.2) is 0 Å². The number of rotatable bonds is 5. The predicted molar refractivity (Wildman–Crippen MR) is 78.8 cm³/mol. The molecular formula is C14H16ClN5. The molecule has 0 spiro atoms. The molecule has 0 bridgehead atoms. The molecule has 3 heterocycles. The van der Waals surface area contributed by atoms with Crippen molar-refractivity contribution in [1.29, 1.82) is 0 Å². The number of fused-ring (bicyclic) bond motifs is 1. The first-order valence-electron chi connectivity index (χ1n) is 6.52. The third-order valence-corrected chi connectivity index (χ3v) is 3.34. The number of hydrogen-bond donors (Lipinski definition) is 1. The van der Waals surface area contributed by atoms with Gasteiger partial charge in [0.05, 0.1) is 16.9 Å². The van der Waals surface area contributed by atoms with Crippen molar-refractivity contribution in [2.75, 3.05) is 6.54 Å². The summed E-state index contributed by atoms with van der Waals surface area (Å²) < 4.78 is 3.77. The van der Waals surface area contributed by atoms with Gasteiger partial charge in [0, 0.05) is 32.2 Å². The largest absolute Gasteiger partial charge is 0.311 e. The number of aryl methyl sites for hydroxylation is 1. The maximum Gasteiger partial charge on any atom is 0.137 e. The number of nitrogens with zero attached hydrogens (tertiary/aromatic N) is 4. The summed E-state index contributed by atoms with van der Waals surface area (Å²) in [4.78, 5) is 4.53. The van der Waals surface area contributed by atoms with Crippen LogP contribution < -0.4 is 5.32 Å². The van der Waals surface area contributed by atoms with Crippen LogP contribution in [0.25, 0.3) is 5.65 Å². The molecule has 0 unspecified atom stereocenters. The summed E-state index contributed by atoms with van der Waals surface area (Å²) in [7, 11) is 1.93. The Morgan fingerprint density at radius 3 is 2.95 bits per heavy atom. The third kappa shape index (κ3) is 3.00. The first-order valence-corrected chi connectivity index (χ1v) is 6.90. The van der Waals surface area contributed by atoms with Gasteiger partial charge in [0.1, 0.15) is 5.65 Å². The molecule has 6 heteroatoms. The van der Waals surface area contributed by atoms with E-state index < -0.39 is 0 Å². The SMILES string of the molecule is Cn1cc(CCNCc2cn3cc(Cl)ccc3n2)cn1. The van der Waals surface area contributed by atoms with Crippen LogP contribution in [0.5, 0.6) is 0 Å². The van der Waals surface area contributed by atoms with Crippen LogP contribution in [0.3, 0.4) is 0 Å². The highest BCUT2D eigenvalue weighted by molar-refractivity contribution is 6.30. The monoisotopic (exact) mass is 289 g/mol. The standard InChI is InChI=1S/C14H16ClN5/c1-19-8-11(6-17-19)4-5-16-7-13-10-20-9-12(15)2-3-14(20)18-13/h2-3,6,8-10,16H,4-5,7H2,1H3. The molecule has 3 rings (SSSR count). The van der Waals surface area contributed by atoms with Crippen LogP contribution in [0.2, 0.25) is 5.02 Å². The second-order valence-corrected chi connectivity index (χ2v) is 5.23. The molecule has 0 atom stereocenters. The Bertz CT molecular complexity index is 715. The molecule has 3 aromatic heterocycles. The first-order chi connectivity index (χ1) is 9.70. The molecule has 1 N–H and O–H groups in total. The molecular weight excluding hydrogens is 274 g/mol. The predicted octanol–water partition coefficient (Wildman–Crippen LogP) is 2.05. The smallest absolute Gasteiger partial charge is 0.137 e. The topological polar surface area (TPSA) is 47.2 Å². The van der Waals surface area contributed by atoms with Gasteiger partial charge in [0.2, 0.25) is 0 Å². The van der Waals surface area contributed by atoms with Crippen molar-refractivity contribution in [3.05, 3.63) is 53.2 Å². The van der Waals surface area contributed by atoms with Gasteiger partial charge in [-0.25, -0.2) is 4.98 Å². The lowest BCUT2D eigenvalue weighted by molar-refractivity contribution is 0.677. The zero-order chi connectivity index (χ0) is 13.9. The van der Waals surface area contributed by atoms with Crippen molar-refractivity contribution in [1.82, 2.24) is 24.5 Å². The molecule has 0 fully saturated rings. The minimum atomic E-state index is 0.714. The fourth-order valence-corrected chi connectivity index (χ4v) is 2.32. The highest BCUT2D eigenvalue weighted by Crippen LogP contribution is 2.11. The Balaban J connectivity index is 1.54. The van der Waals surface area contributed by atoms with Gasteiger partial charge < -0.3 is 9.72 Å². The van der Waals surface area contributed by atoms with Gasteiger partial charge >= 0.3 is 0 Å². The summed E-state index contributed by atoms with van der Waals surface area (Å²) in [5.74, 6) is 0. The quantitative estimate of drug-likeness (QED) is 0.731. The lowest BCUT2D eigenvalue weighted by Crippen LogP contribution is -2.16. The van der Waals surface area contributed by atoms with Gasteiger partial charge in [-0.15, -0.1) is 0 Å². The van der Waals surface area contributed by atoms with Crippen molar-refractivity contribution in [3.63, 3.8) is 0 Å². The van der Waals surface area contributed by atoms with Crippen LogP contribution in [0, 0.1) is 0 Å². The summed E-state index contributed by atoms with van der Waals surface area (Å²) in [6, 6.07) is 3.77. The van der Waals surface area contributed by atoms with E-state index in [-0.39, 0.29) is 0 Å². The van der Waals surface area contributed by atoms with E-state index in [9.17, 15) is 0 Å². The normalized spacial score (nSPS) is 11.3. The molecule has 5 nitrogen and oxygen atoms in total. The molecule has 0 aromatic carbocycles. The minimum Gasteiger partial charge on any atom is -0.311 e. The summed E-state index contributed by atoms with van der Waals surface area (Å²) in [5.41, 5.74) is 3.17. The fourth-order valence-electron chi connectivity index (χ4n) is 2.15. The van der Waals surface area contributed by atoms with Crippen molar-refractivity contribution in [2.24, 2.45) is 7.05 Å². The van der Waals surface area contributed by atoms with Crippen molar-refractivity contribution in [3.8, 4) is 0 Å². The minimum absolute atomic E-state index is 0.714. The molecule has 0 amide bonds. The highest BCUT2D eigenvalue weighted by atomic mass is 35.5. The van der Waals surface area contributed by atoms with E-state index in [0.717, 1.165) is 30.9 Å². The number of hydrogen-bond acceptors (Lipinski definition) is 3. The molecule has 0 aliphatic heterocycles. The van der Waals surface area contributed by atoms with Gasteiger partial charge in [-0.1, -0.05) is 11.6 Å². The molecule has 0 saturated heterocycles. The van der Waals surface area contributed by atoms with Gasteiger partial charge in [0.25, 0.3) is 0 Å². The average Bonchev–Trinajstić information content (AvgIpc) is 3.00. The number of aromatic nitrogens is 4. The molecule has 104 valence electrons. The molecule has 20 heavy (non-hydrogen) atoms. The van der Waals surface area contributed by atoms with Crippen LogP contribution >= 0.6 is 11.6 Å². The maximum atomic E-state index is 5.95. The Labute approximate surface area is 122 Å². The highest BCUT2D eigenvalue weighted by Gasteiger charge is 2.02. The third-order valence-electron chi connectivity index (χ3n) is 3.12. The number of pyridine rings is 1. The van der Waals surface area contributed by atoms with E-state index in [1.165, 1.54) is 5.56 Å². The van der Waals surface area contributed by atoms with Crippen molar-refractivity contribution >= 4 is 17.2 Å². The van der Waals surface area contributed by atoms with E-state index in [2.05, 4.69) is 15.4 Å². The molecule has 0 saturated carbocycles. The number of imidazole rings is 1. The Kier molecular flexibility index (Phi) is 3.71. The Morgan fingerprint density at radius 2 is 2.15 bits per heavy atom. The molecule has 0 radical (unpaired) electrons. The van der Waals surface area contributed by atoms with Crippen LogP contribution in [-0.2, 0) is 20.0 Å². The van der Waals surface area contributed by atoms with E-state index in [1.54, 1.807) is 0 Å². The average molecular weight is 290 g/mol. The van der Waals surface area contributed by atoms with Gasteiger partial charge in [-0.3, -0.25) is 4.68 Å². The zero-order valence-electron chi connectivity index (χ0n) is 11.3. The van der Waals surface area contributed by atoms with Crippen LogP contribution in [0.1, 0.15) is 11.3 Å². The lowest BCUT2D eigenvalue weighted by atomic mass is 10.2. The Hall–Kier alpha value is -1.85. The zero-order valence-corrected chi connectivity index (χ0v) is 12.0. The van der Waals surface area contributed by atoms with Gasteiger partial charge in [-0.05, 0) is 30.7 Å².